The lowest BCUT2D eigenvalue weighted by Gasteiger charge is -2.21. The Bertz CT molecular complexity index is 348. The molecule has 0 spiro atoms. The lowest BCUT2D eigenvalue weighted by Crippen LogP contribution is -2.13. The van der Waals surface area contributed by atoms with Crippen LogP contribution in [0.2, 0.25) is 0 Å². The number of nitriles is 1. The van der Waals surface area contributed by atoms with E-state index in [1.165, 1.54) is 25.0 Å². The summed E-state index contributed by atoms with van der Waals surface area (Å²) >= 11 is 0. The van der Waals surface area contributed by atoms with E-state index in [1.807, 2.05) is 24.1 Å². The third-order valence-corrected chi connectivity index (χ3v) is 3.24. The van der Waals surface area contributed by atoms with Crippen molar-refractivity contribution in [1.82, 2.24) is 9.55 Å². The Morgan fingerprint density at radius 2 is 2.31 bits per heavy atom. The summed E-state index contributed by atoms with van der Waals surface area (Å²) in [6.07, 6.45) is 7.94. The average molecular weight is 219 g/mol. The summed E-state index contributed by atoms with van der Waals surface area (Å²) in [5.41, 5.74) is 1.19. The van der Waals surface area contributed by atoms with E-state index in [4.69, 9.17) is 5.26 Å². The highest BCUT2D eigenvalue weighted by Gasteiger charge is 2.21. The molecule has 0 radical (unpaired) electrons. The summed E-state index contributed by atoms with van der Waals surface area (Å²) in [5.74, 6) is 0.874. The summed E-state index contributed by atoms with van der Waals surface area (Å²) < 4.78 is 2.03. The van der Waals surface area contributed by atoms with E-state index in [2.05, 4.69) is 24.9 Å². The van der Waals surface area contributed by atoms with Gasteiger partial charge in [-0.1, -0.05) is 33.1 Å². The zero-order valence-corrected chi connectivity index (χ0v) is 10.5. The molecule has 1 heterocycles. The van der Waals surface area contributed by atoms with Crippen molar-refractivity contribution in [3.05, 3.63) is 18.2 Å². The van der Waals surface area contributed by atoms with Gasteiger partial charge in [-0.2, -0.15) is 5.26 Å². The standard InChI is InChI=1S/C13H21N3/c1-4-5-6-11(2)12(7-8-14)13-9-15-10-16(13)3/h9-12H,4-7H2,1-3H3. The Balaban J connectivity index is 2.75. The highest BCUT2D eigenvalue weighted by Crippen LogP contribution is 2.30. The summed E-state index contributed by atoms with van der Waals surface area (Å²) in [6, 6.07) is 2.30. The summed E-state index contributed by atoms with van der Waals surface area (Å²) in [6.45, 7) is 4.45. The largest absolute Gasteiger partial charge is 0.337 e. The van der Waals surface area contributed by atoms with Crippen molar-refractivity contribution in [2.75, 3.05) is 0 Å². The van der Waals surface area contributed by atoms with E-state index in [0.717, 1.165) is 0 Å². The molecule has 3 nitrogen and oxygen atoms in total. The van der Waals surface area contributed by atoms with Gasteiger partial charge in [-0.25, -0.2) is 4.98 Å². The molecule has 0 N–H and O–H groups in total. The Morgan fingerprint density at radius 1 is 1.56 bits per heavy atom. The maximum atomic E-state index is 8.92. The molecule has 0 bridgehead atoms. The number of rotatable bonds is 6. The molecule has 1 rings (SSSR count). The SMILES string of the molecule is CCCCC(C)C(CC#N)c1cncn1C. The van der Waals surface area contributed by atoms with Crippen LogP contribution in [0.4, 0.5) is 0 Å². The van der Waals surface area contributed by atoms with E-state index in [1.54, 1.807) is 0 Å². The molecule has 0 saturated heterocycles. The van der Waals surface area contributed by atoms with Gasteiger partial charge in [0.1, 0.15) is 0 Å². The zero-order chi connectivity index (χ0) is 12.0. The molecule has 0 saturated carbocycles. The molecule has 1 aromatic rings. The third-order valence-electron chi connectivity index (χ3n) is 3.24. The lowest BCUT2D eigenvalue weighted by molar-refractivity contribution is 0.405. The van der Waals surface area contributed by atoms with Crippen molar-refractivity contribution in [1.29, 1.82) is 5.26 Å². The van der Waals surface area contributed by atoms with E-state index in [0.29, 0.717) is 18.3 Å². The van der Waals surface area contributed by atoms with Crippen LogP contribution in [-0.4, -0.2) is 9.55 Å². The van der Waals surface area contributed by atoms with Crippen molar-refractivity contribution >= 4 is 0 Å². The number of hydrogen-bond acceptors (Lipinski definition) is 2. The molecule has 16 heavy (non-hydrogen) atoms. The van der Waals surface area contributed by atoms with Gasteiger partial charge in [0, 0.05) is 31.3 Å². The Labute approximate surface area is 98.1 Å². The van der Waals surface area contributed by atoms with Gasteiger partial charge < -0.3 is 4.57 Å². The maximum Gasteiger partial charge on any atom is 0.0945 e. The van der Waals surface area contributed by atoms with Crippen molar-refractivity contribution in [3.8, 4) is 6.07 Å². The number of imidazole rings is 1. The first-order valence-electron chi connectivity index (χ1n) is 6.03. The number of unbranched alkanes of at least 4 members (excludes halogenated alkanes) is 1. The molecule has 0 aliphatic heterocycles. The molecular weight excluding hydrogens is 198 g/mol. The quantitative estimate of drug-likeness (QED) is 0.737. The molecule has 2 unspecified atom stereocenters. The average Bonchev–Trinajstić information content (AvgIpc) is 2.69. The van der Waals surface area contributed by atoms with E-state index in [-0.39, 0.29) is 0 Å². The molecule has 0 amide bonds. The fourth-order valence-corrected chi connectivity index (χ4v) is 2.15. The monoisotopic (exact) mass is 219 g/mol. The number of aromatic nitrogens is 2. The van der Waals surface area contributed by atoms with Crippen molar-refractivity contribution < 1.29 is 0 Å². The summed E-state index contributed by atoms with van der Waals surface area (Å²) in [4.78, 5) is 4.14. The van der Waals surface area contributed by atoms with Crippen molar-refractivity contribution in [2.24, 2.45) is 13.0 Å². The highest BCUT2D eigenvalue weighted by molar-refractivity contribution is 5.09. The van der Waals surface area contributed by atoms with Crippen molar-refractivity contribution in [3.63, 3.8) is 0 Å². The minimum Gasteiger partial charge on any atom is -0.337 e. The first-order valence-corrected chi connectivity index (χ1v) is 6.03. The van der Waals surface area contributed by atoms with Crippen LogP contribution >= 0.6 is 0 Å². The van der Waals surface area contributed by atoms with Gasteiger partial charge in [0.05, 0.1) is 12.4 Å². The van der Waals surface area contributed by atoms with Gasteiger partial charge in [-0.15, -0.1) is 0 Å². The molecule has 2 atom stereocenters. The first kappa shape index (κ1) is 12.8. The van der Waals surface area contributed by atoms with Crippen LogP contribution < -0.4 is 0 Å². The van der Waals surface area contributed by atoms with E-state index >= 15 is 0 Å². The van der Waals surface area contributed by atoms with E-state index in [9.17, 15) is 0 Å². The van der Waals surface area contributed by atoms with Gasteiger partial charge in [-0.3, -0.25) is 0 Å². The minimum atomic E-state index is 0.323. The van der Waals surface area contributed by atoms with Crippen LogP contribution in [-0.2, 0) is 7.05 Å². The third kappa shape index (κ3) is 3.10. The van der Waals surface area contributed by atoms with E-state index < -0.39 is 0 Å². The van der Waals surface area contributed by atoms with Crippen LogP contribution in [0.15, 0.2) is 12.5 Å². The normalized spacial score (nSPS) is 14.4. The predicted molar refractivity (Wildman–Crippen MR) is 64.9 cm³/mol. The second-order valence-corrected chi connectivity index (χ2v) is 4.52. The van der Waals surface area contributed by atoms with Gasteiger partial charge in [0.2, 0.25) is 0 Å². The molecule has 0 aromatic carbocycles. The number of aryl methyl sites for hydroxylation is 1. The van der Waals surface area contributed by atoms with Crippen LogP contribution in [0.3, 0.4) is 0 Å². The van der Waals surface area contributed by atoms with Gasteiger partial charge in [0.25, 0.3) is 0 Å². The second-order valence-electron chi connectivity index (χ2n) is 4.52. The van der Waals surface area contributed by atoms with Gasteiger partial charge in [0.15, 0.2) is 0 Å². The number of nitrogens with zero attached hydrogens (tertiary/aromatic N) is 3. The molecule has 0 fully saturated rings. The van der Waals surface area contributed by atoms with Crippen LogP contribution in [0.5, 0.6) is 0 Å². The smallest absolute Gasteiger partial charge is 0.0945 e. The molecule has 1 aromatic heterocycles. The molecule has 3 heteroatoms. The topological polar surface area (TPSA) is 41.6 Å². The maximum absolute atomic E-state index is 8.92. The second kappa shape index (κ2) is 6.32. The fraction of sp³-hybridized carbons (Fsp3) is 0.692. The minimum absolute atomic E-state index is 0.323. The molecule has 88 valence electrons. The zero-order valence-electron chi connectivity index (χ0n) is 10.5. The first-order chi connectivity index (χ1) is 7.70. The molecular formula is C13H21N3. The fourth-order valence-electron chi connectivity index (χ4n) is 2.15. The van der Waals surface area contributed by atoms with Crippen LogP contribution in [0.1, 0.15) is 51.1 Å². The van der Waals surface area contributed by atoms with Crippen LogP contribution in [0.25, 0.3) is 0 Å². The Morgan fingerprint density at radius 3 is 2.81 bits per heavy atom. The van der Waals surface area contributed by atoms with Gasteiger partial charge >= 0.3 is 0 Å². The lowest BCUT2D eigenvalue weighted by atomic mass is 9.85. The summed E-state index contributed by atoms with van der Waals surface area (Å²) in [7, 11) is 2.00. The summed E-state index contributed by atoms with van der Waals surface area (Å²) in [5, 5.41) is 8.92. The highest BCUT2D eigenvalue weighted by atomic mass is 15.0. The van der Waals surface area contributed by atoms with Gasteiger partial charge in [-0.05, 0) is 5.92 Å². The predicted octanol–water partition coefficient (Wildman–Crippen LogP) is 3.24. The molecule has 0 aliphatic rings. The molecule has 0 aliphatic carbocycles. The Hall–Kier alpha value is -1.30. The van der Waals surface area contributed by atoms with Crippen molar-refractivity contribution in [2.45, 2.75) is 45.4 Å². The Kier molecular flexibility index (Phi) is 5.04. The number of hydrogen-bond donors (Lipinski definition) is 0. The van der Waals surface area contributed by atoms with Crippen LogP contribution in [0, 0.1) is 17.2 Å².